The van der Waals surface area contributed by atoms with Crippen LogP contribution < -0.4 is 5.73 Å². The Labute approximate surface area is 63.3 Å². The van der Waals surface area contributed by atoms with Crippen molar-refractivity contribution in [1.82, 2.24) is 0 Å². The average molecular weight is 139 g/mol. The zero-order valence-electron chi connectivity index (χ0n) is 6.77. The van der Waals surface area contributed by atoms with Crippen LogP contribution in [0.4, 0.5) is 0 Å². The highest BCUT2D eigenvalue weighted by Gasteiger charge is 2.23. The molecule has 0 radical (unpaired) electrons. The quantitative estimate of drug-likeness (QED) is 0.554. The maximum Gasteiger partial charge on any atom is 0.0339 e. The van der Waals surface area contributed by atoms with Gasteiger partial charge in [-0.3, -0.25) is 0 Å². The molecule has 1 nitrogen and oxygen atoms in total. The lowest BCUT2D eigenvalue weighted by molar-refractivity contribution is 0.358. The molecule has 58 valence electrons. The van der Waals surface area contributed by atoms with Gasteiger partial charge in [-0.25, -0.2) is 0 Å². The first-order valence-corrected chi connectivity index (χ1v) is 4.20. The molecule has 0 amide bonds. The van der Waals surface area contributed by atoms with E-state index in [1.54, 1.807) is 0 Å². The van der Waals surface area contributed by atoms with E-state index >= 15 is 0 Å². The lowest BCUT2D eigenvalue weighted by Crippen LogP contribution is -2.39. The van der Waals surface area contributed by atoms with Gasteiger partial charge in [-0.1, -0.05) is 31.4 Å². The number of hydrogen-bond donors (Lipinski definition) is 1. The molecule has 1 saturated carbocycles. The summed E-state index contributed by atoms with van der Waals surface area (Å²) in [4.78, 5) is 0. The van der Waals surface area contributed by atoms with E-state index in [1.807, 2.05) is 6.92 Å². The van der Waals surface area contributed by atoms with Gasteiger partial charge in [0.25, 0.3) is 0 Å². The Morgan fingerprint density at radius 1 is 1.20 bits per heavy atom. The number of rotatable bonds is 1. The van der Waals surface area contributed by atoms with Crippen LogP contribution in [0.15, 0.2) is 12.2 Å². The predicted octanol–water partition coefficient (Wildman–Crippen LogP) is 2.22. The molecule has 0 aromatic rings. The van der Waals surface area contributed by atoms with Gasteiger partial charge < -0.3 is 5.73 Å². The predicted molar refractivity (Wildman–Crippen MR) is 44.8 cm³/mol. The first-order chi connectivity index (χ1) is 4.77. The number of nitrogens with two attached hydrogens (primary N) is 1. The van der Waals surface area contributed by atoms with E-state index in [2.05, 4.69) is 12.2 Å². The highest BCUT2D eigenvalue weighted by molar-refractivity contribution is 5.04. The molecular weight excluding hydrogens is 122 g/mol. The molecular formula is C9H17N. The molecule has 10 heavy (non-hydrogen) atoms. The zero-order chi connectivity index (χ0) is 7.45. The SMILES string of the molecule is C/C=C/C1(N)CCCCC1. The van der Waals surface area contributed by atoms with Crippen molar-refractivity contribution in [2.24, 2.45) is 5.73 Å². The summed E-state index contributed by atoms with van der Waals surface area (Å²) in [5.74, 6) is 0. The monoisotopic (exact) mass is 139 g/mol. The Balaban J connectivity index is 2.48. The second-order valence-electron chi connectivity index (χ2n) is 3.29. The minimum atomic E-state index is 0.0486. The first kappa shape index (κ1) is 7.80. The van der Waals surface area contributed by atoms with E-state index in [4.69, 9.17) is 5.73 Å². The van der Waals surface area contributed by atoms with Gasteiger partial charge in [0.2, 0.25) is 0 Å². The molecule has 0 aromatic heterocycles. The molecule has 0 unspecified atom stereocenters. The molecule has 2 N–H and O–H groups in total. The summed E-state index contributed by atoms with van der Waals surface area (Å²) in [6.45, 7) is 2.04. The third-order valence-corrected chi connectivity index (χ3v) is 2.28. The molecule has 0 spiro atoms. The van der Waals surface area contributed by atoms with Crippen LogP contribution in [0.5, 0.6) is 0 Å². The molecule has 1 aliphatic carbocycles. The van der Waals surface area contributed by atoms with Crippen LogP contribution in [-0.4, -0.2) is 5.54 Å². The van der Waals surface area contributed by atoms with Crippen LogP contribution in [0.2, 0.25) is 0 Å². The van der Waals surface area contributed by atoms with Gasteiger partial charge in [0, 0.05) is 5.54 Å². The molecule has 0 heterocycles. The second-order valence-corrected chi connectivity index (χ2v) is 3.29. The van der Waals surface area contributed by atoms with Gasteiger partial charge in [-0.2, -0.15) is 0 Å². The van der Waals surface area contributed by atoms with Crippen molar-refractivity contribution in [3.05, 3.63) is 12.2 Å². The molecule has 1 heteroatoms. The van der Waals surface area contributed by atoms with Gasteiger partial charge in [0.05, 0.1) is 0 Å². The van der Waals surface area contributed by atoms with Crippen molar-refractivity contribution in [2.45, 2.75) is 44.6 Å². The first-order valence-electron chi connectivity index (χ1n) is 4.20. The molecule has 0 atom stereocenters. The Morgan fingerprint density at radius 3 is 2.30 bits per heavy atom. The Hall–Kier alpha value is -0.300. The number of allylic oxidation sites excluding steroid dienone is 1. The maximum absolute atomic E-state index is 6.08. The van der Waals surface area contributed by atoms with E-state index in [1.165, 1.54) is 32.1 Å². The van der Waals surface area contributed by atoms with Crippen LogP contribution in [0.1, 0.15) is 39.0 Å². The summed E-state index contributed by atoms with van der Waals surface area (Å²) in [7, 11) is 0. The molecule has 0 saturated heterocycles. The summed E-state index contributed by atoms with van der Waals surface area (Å²) < 4.78 is 0. The summed E-state index contributed by atoms with van der Waals surface area (Å²) in [6, 6.07) is 0. The lowest BCUT2D eigenvalue weighted by atomic mass is 9.82. The Kier molecular flexibility index (Phi) is 2.50. The van der Waals surface area contributed by atoms with E-state index < -0.39 is 0 Å². The van der Waals surface area contributed by atoms with E-state index in [0.717, 1.165) is 0 Å². The third-order valence-electron chi connectivity index (χ3n) is 2.28. The van der Waals surface area contributed by atoms with Crippen molar-refractivity contribution in [1.29, 1.82) is 0 Å². The molecule has 0 aromatic carbocycles. The van der Waals surface area contributed by atoms with Gasteiger partial charge in [-0.15, -0.1) is 0 Å². The van der Waals surface area contributed by atoms with Crippen molar-refractivity contribution in [2.75, 3.05) is 0 Å². The molecule has 0 aliphatic heterocycles. The third kappa shape index (κ3) is 1.84. The van der Waals surface area contributed by atoms with Crippen molar-refractivity contribution >= 4 is 0 Å². The zero-order valence-corrected chi connectivity index (χ0v) is 6.77. The van der Waals surface area contributed by atoms with Crippen LogP contribution in [-0.2, 0) is 0 Å². The van der Waals surface area contributed by atoms with Crippen LogP contribution in [0, 0.1) is 0 Å². The van der Waals surface area contributed by atoms with E-state index in [-0.39, 0.29) is 5.54 Å². The summed E-state index contributed by atoms with van der Waals surface area (Å²) >= 11 is 0. The smallest absolute Gasteiger partial charge is 0.0339 e. The number of hydrogen-bond acceptors (Lipinski definition) is 1. The molecule has 1 aliphatic rings. The lowest BCUT2D eigenvalue weighted by Gasteiger charge is -2.30. The Morgan fingerprint density at radius 2 is 1.80 bits per heavy atom. The molecule has 1 fully saturated rings. The molecule has 1 rings (SSSR count). The van der Waals surface area contributed by atoms with Crippen molar-refractivity contribution in [3.63, 3.8) is 0 Å². The van der Waals surface area contributed by atoms with Crippen molar-refractivity contribution < 1.29 is 0 Å². The van der Waals surface area contributed by atoms with Crippen molar-refractivity contribution in [3.8, 4) is 0 Å². The fraction of sp³-hybridized carbons (Fsp3) is 0.778. The fourth-order valence-corrected chi connectivity index (χ4v) is 1.71. The highest BCUT2D eigenvalue weighted by Crippen LogP contribution is 2.26. The van der Waals surface area contributed by atoms with E-state index in [0.29, 0.717) is 0 Å². The fourth-order valence-electron chi connectivity index (χ4n) is 1.71. The van der Waals surface area contributed by atoms with Crippen LogP contribution in [0.25, 0.3) is 0 Å². The standard InChI is InChI=1S/C9H17N/c1-2-6-9(10)7-4-3-5-8-9/h2,6H,3-5,7-8,10H2,1H3/b6-2+. The largest absolute Gasteiger partial charge is 0.322 e. The van der Waals surface area contributed by atoms with Gasteiger partial charge in [0.15, 0.2) is 0 Å². The maximum atomic E-state index is 6.08. The Bertz CT molecular complexity index is 121. The molecule has 0 bridgehead atoms. The van der Waals surface area contributed by atoms with Crippen LogP contribution in [0.3, 0.4) is 0 Å². The summed E-state index contributed by atoms with van der Waals surface area (Å²) in [5.41, 5.74) is 6.13. The average Bonchev–Trinajstić information content (AvgIpc) is 1.89. The van der Waals surface area contributed by atoms with Gasteiger partial charge in [0.1, 0.15) is 0 Å². The van der Waals surface area contributed by atoms with E-state index in [9.17, 15) is 0 Å². The topological polar surface area (TPSA) is 26.0 Å². The second kappa shape index (κ2) is 3.20. The normalized spacial score (nSPS) is 25.4. The highest BCUT2D eigenvalue weighted by atomic mass is 14.7. The minimum absolute atomic E-state index is 0.0486. The summed E-state index contributed by atoms with van der Waals surface area (Å²) in [6.07, 6.45) is 10.6. The summed E-state index contributed by atoms with van der Waals surface area (Å²) in [5, 5.41) is 0. The minimum Gasteiger partial charge on any atom is -0.322 e. The van der Waals surface area contributed by atoms with Crippen LogP contribution >= 0.6 is 0 Å². The van der Waals surface area contributed by atoms with Gasteiger partial charge >= 0.3 is 0 Å². The van der Waals surface area contributed by atoms with Gasteiger partial charge in [-0.05, 0) is 19.8 Å².